The molecule has 5 nitrogen and oxygen atoms in total. The van der Waals surface area contributed by atoms with Gasteiger partial charge in [0.1, 0.15) is 11.5 Å². The van der Waals surface area contributed by atoms with Crippen LogP contribution in [0.5, 0.6) is 0 Å². The Morgan fingerprint density at radius 3 is 2.81 bits per heavy atom. The van der Waals surface area contributed by atoms with Gasteiger partial charge in [-0.25, -0.2) is 9.97 Å². The quantitative estimate of drug-likeness (QED) is 0.774. The van der Waals surface area contributed by atoms with Crippen molar-refractivity contribution in [3.8, 4) is 0 Å². The van der Waals surface area contributed by atoms with Crippen molar-refractivity contribution >= 4 is 23.9 Å². The van der Waals surface area contributed by atoms with E-state index in [1.165, 1.54) is 6.20 Å². The smallest absolute Gasteiger partial charge is 0.273 e. The molecular weight excluding hydrogens is 224 g/mol. The van der Waals surface area contributed by atoms with Crippen molar-refractivity contribution in [2.24, 2.45) is 0 Å². The van der Waals surface area contributed by atoms with Gasteiger partial charge in [0.05, 0.1) is 0 Å². The molecule has 2 heterocycles. The minimum Gasteiger partial charge on any atom is -0.326 e. The number of hydrogen-bond donors (Lipinski definition) is 2. The molecule has 2 aromatic rings. The second-order valence-corrected chi connectivity index (χ2v) is 3.34. The minimum absolute atomic E-state index is 0.272. The van der Waals surface area contributed by atoms with Gasteiger partial charge in [-0.05, 0) is 30.4 Å². The van der Waals surface area contributed by atoms with E-state index in [0.717, 1.165) is 0 Å². The summed E-state index contributed by atoms with van der Waals surface area (Å²) in [5.41, 5.74) is 0.352. The van der Waals surface area contributed by atoms with Gasteiger partial charge in [-0.2, -0.15) is 0 Å². The van der Waals surface area contributed by atoms with Crippen LogP contribution in [0.4, 0.5) is 5.82 Å². The van der Waals surface area contributed by atoms with Crippen LogP contribution in [0, 0.1) is 4.77 Å². The number of nitrogens with zero attached hydrogens (tertiary/aromatic N) is 2. The zero-order chi connectivity index (χ0) is 11.4. The van der Waals surface area contributed by atoms with E-state index >= 15 is 0 Å². The molecule has 2 N–H and O–H groups in total. The van der Waals surface area contributed by atoms with Gasteiger partial charge in [-0.3, -0.25) is 4.79 Å². The van der Waals surface area contributed by atoms with E-state index in [-0.39, 0.29) is 10.7 Å². The van der Waals surface area contributed by atoms with Crippen LogP contribution in [0.25, 0.3) is 0 Å². The lowest BCUT2D eigenvalue weighted by Gasteiger charge is -2.03. The molecule has 0 saturated heterocycles. The third kappa shape index (κ3) is 2.48. The number of aromatic amines is 1. The van der Waals surface area contributed by atoms with Crippen LogP contribution in [0.1, 0.15) is 10.5 Å². The zero-order valence-electron chi connectivity index (χ0n) is 8.18. The Bertz CT molecular complexity index is 552. The van der Waals surface area contributed by atoms with Gasteiger partial charge >= 0.3 is 0 Å². The molecule has 0 radical (unpaired) electrons. The third-order valence-corrected chi connectivity index (χ3v) is 2.03. The number of carbonyl (C=O) groups is 1. The van der Waals surface area contributed by atoms with Gasteiger partial charge in [-0.1, -0.05) is 6.07 Å². The Balaban J connectivity index is 2.18. The number of anilines is 1. The highest BCUT2D eigenvalue weighted by molar-refractivity contribution is 7.71. The van der Waals surface area contributed by atoms with Crippen LogP contribution in [-0.4, -0.2) is 20.9 Å². The van der Waals surface area contributed by atoms with E-state index < -0.39 is 0 Å². The first-order chi connectivity index (χ1) is 7.75. The van der Waals surface area contributed by atoms with Crippen molar-refractivity contribution in [3.63, 3.8) is 0 Å². The summed E-state index contributed by atoms with van der Waals surface area (Å²) in [4.78, 5) is 22.2. The maximum Gasteiger partial charge on any atom is 0.273 e. The topological polar surface area (TPSA) is 70.7 Å². The molecular formula is C10H8N4OS. The molecule has 2 rings (SSSR count). The van der Waals surface area contributed by atoms with Gasteiger partial charge < -0.3 is 10.3 Å². The van der Waals surface area contributed by atoms with Crippen molar-refractivity contribution in [2.45, 2.75) is 0 Å². The molecule has 0 atom stereocenters. The van der Waals surface area contributed by atoms with E-state index in [9.17, 15) is 4.79 Å². The molecule has 80 valence electrons. The third-order valence-electron chi connectivity index (χ3n) is 1.83. The summed E-state index contributed by atoms with van der Waals surface area (Å²) in [6, 6.07) is 6.81. The molecule has 0 bridgehead atoms. The second-order valence-electron chi connectivity index (χ2n) is 2.96. The highest BCUT2D eigenvalue weighted by Gasteiger charge is 2.06. The summed E-state index contributed by atoms with van der Waals surface area (Å²) in [7, 11) is 0. The maximum atomic E-state index is 11.7. The fourth-order valence-electron chi connectivity index (χ4n) is 1.12. The Kier molecular flexibility index (Phi) is 3.02. The fourth-order valence-corrected chi connectivity index (χ4v) is 1.29. The Morgan fingerprint density at radius 2 is 2.12 bits per heavy atom. The number of aromatic nitrogens is 3. The Labute approximate surface area is 96.6 Å². The van der Waals surface area contributed by atoms with Crippen LogP contribution in [0.15, 0.2) is 36.7 Å². The number of carbonyl (C=O) groups excluding carboxylic acids is 1. The number of hydrogen-bond acceptors (Lipinski definition) is 4. The van der Waals surface area contributed by atoms with Crippen molar-refractivity contribution in [3.05, 3.63) is 47.1 Å². The summed E-state index contributed by atoms with van der Waals surface area (Å²) in [6.45, 7) is 0. The number of H-pyrrole nitrogens is 1. The Hall–Kier alpha value is -2.08. The first-order valence-electron chi connectivity index (χ1n) is 4.53. The van der Waals surface area contributed by atoms with Crippen molar-refractivity contribution < 1.29 is 4.79 Å². The number of pyridine rings is 1. The normalized spacial score (nSPS) is 9.75. The van der Waals surface area contributed by atoms with Gasteiger partial charge in [-0.15, -0.1) is 0 Å². The number of nitrogens with one attached hydrogen (secondary N) is 2. The average Bonchev–Trinajstić information content (AvgIpc) is 2.30. The van der Waals surface area contributed by atoms with Crippen LogP contribution in [0.2, 0.25) is 0 Å². The largest absolute Gasteiger partial charge is 0.326 e. The molecule has 0 spiro atoms. The lowest BCUT2D eigenvalue weighted by atomic mass is 10.4. The predicted octanol–water partition coefficient (Wildman–Crippen LogP) is 1.79. The molecule has 2 aromatic heterocycles. The molecule has 1 amide bonds. The van der Waals surface area contributed by atoms with Crippen LogP contribution in [-0.2, 0) is 0 Å². The summed E-state index contributed by atoms with van der Waals surface area (Å²) in [5.74, 6) is 0.191. The van der Waals surface area contributed by atoms with Crippen LogP contribution >= 0.6 is 12.2 Å². The molecule has 0 fully saturated rings. The summed E-state index contributed by atoms with van der Waals surface area (Å²) >= 11 is 4.82. The van der Waals surface area contributed by atoms with Gasteiger partial charge in [0.15, 0.2) is 4.77 Å². The maximum absolute atomic E-state index is 11.7. The second kappa shape index (κ2) is 4.63. The van der Waals surface area contributed by atoms with E-state index in [0.29, 0.717) is 11.5 Å². The molecule has 0 saturated carbocycles. The first-order valence-corrected chi connectivity index (χ1v) is 4.94. The Morgan fingerprint density at radius 1 is 1.25 bits per heavy atom. The molecule has 0 aromatic carbocycles. The van der Waals surface area contributed by atoms with Gasteiger partial charge in [0, 0.05) is 12.4 Å². The molecule has 0 aliphatic rings. The van der Waals surface area contributed by atoms with Gasteiger partial charge in [0.25, 0.3) is 5.91 Å². The molecule has 0 unspecified atom stereocenters. The summed E-state index contributed by atoms with van der Waals surface area (Å²) < 4.78 is 0.272. The van der Waals surface area contributed by atoms with Gasteiger partial charge in [0.2, 0.25) is 0 Å². The molecule has 0 aliphatic heterocycles. The monoisotopic (exact) mass is 232 g/mol. The standard InChI is InChI=1S/C10H8N4OS/c15-9(7-4-6-12-10(16)13-7)14-8-3-1-2-5-11-8/h1-6H,(H,11,14,15)(H,12,13,16). The van der Waals surface area contributed by atoms with Crippen molar-refractivity contribution in [1.29, 1.82) is 0 Å². The lowest BCUT2D eigenvalue weighted by molar-refractivity contribution is 0.102. The molecule has 16 heavy (non-hydrogen) atoms. The first kappa shape index (κ1) is 10.4. The van der Waals surface area contributed by atoms with Crippen LogP contribution < -0.4 is 5.32 Å². The average molecular weight is 232 g/mol. The van der Waals surface area contributed by atoms with E-state index in [2.05, 4.69) is 20.3 Å². The van der Waals surface area contributed by atoms with Crippen molar-refractivity contribution in [2.75, 3.05) is 5.32 Å². The van der Waals surface area contributed by atoms with Crippen molar-refractivity contribution in [1.82, 2.24) is 15.0 Å². The zero-order valence-corrected chi connectivity index (χ0v) is 8.99. The minimum atomic E-state index is -0.299. The SMILES string of the molecule is O=C(Nc1ccccn1)c1ccnc(=S)[nH]1. The summed E-state index contributed by atoms with van der Waals surface area (Å²) in [6.07, 6.45) is 3.08. The fraction of sp³-hybridized carbons (Fsp3) is 0. The summed E-state index contributed by atoms with van der Waals surface area (Å²) in [5, 5.41) is 2.63. The van der Waals surface area contributed by atoms with E-state index in [4.69, 9.17) is 12.2 Å². The highest BCUT2D eigenvalue weighted by atomic mass is 32.1. The lowest BCUT2D eigenvalue weighted by Crippen LogP contribution is -2.14. The van der Waals surface area contributed by atoms with E-state index in [1.54, 1.807) is 30.5 Å². The number of amides is 1. The predicted molar refractivity (Wildman–Crippen MR) is 61.6 cm³/mol. The number of rotatable bonds is 2. The molecule has 6 heteroatoms. The molecule has 0 aliphatic carbocycles. The van der Waals surface area contributed by atoms with Crippen LogP contribution in [0.3, 0.4) is 0 Å². The highest BCUT2D eigenvalue weighted by Crippen LogP contribution is 2.02. The van der Waals surface area contributed by atoms with E-state index in [1.807, 2.05) is 0 Å².